The van der Waals surface area contributed by atoms with Crippen molar-refractivity contribution in [1.29, 1.82) is 0 Å². The van der Waals surface area contributed by atoms with Crippen LogP contribution in [0.15, 0.2) is 0 Å². The summed E-state index contributed by atoms with van der Waals surface area (Å²) in [6.45, 7) is 4.01. The van der Waals surface area contributed by atoms with E-state index in [0.717, 1.165) is 0 Å². The summed E-state index contributed by atoms with van der Waals surface area (Å²) in [5.74, 6) is 0.518. The lowest BCUT2D eigenvalue weighted by molar-refractivity contribution is 0.155. The number of alkyl halides is 1. The molecule has 0 saturated heterocycles. The van der Waals surface area contributed by atoms with Crippen molar-refractivity contribution in [2.75, 3.05) is 5.88 Å². The van der Waals surface area contributed by atoms with Crippen LogP contribution in [0.4, 0.5) is 4.79 Å². The summed E-state index contributed by atoms with van der Waals surface area (Å²) in [6, 6.07) is -0.221. The van der Waals surface area contributed by atoms with Gasteiger partial charge in [0.05, 0.1) is 6.10 Å². The highest BCUT2D eigenvalue weighted by Gasteiger charge is 2.17. The fraction of sp³-hybridized carbons (Fsp3) is 0.889. The number of rotatable bonds is 6. The van der Waals surface area contributed by atoms with Gasteiger partial charge in [-0.3, -0.25) is 0 Å². The Labute approximate surface area is 89.3 Å². The molecule has 14 heavy (non-hydrogen) atoms. The Kier molecular flexibility index (Phi) is 6.66. The molecule has 0 aliphatic rings. The molecule has 0 aliphatic heterocycles. The van der Waals surface area contributed by atoms with Crippen molar-refractivity contribution in [3.63, 3.8) is 0 Å². The Morgan fingerprint density at radius 3 is 2.36 bits per heavy atom. The van der Waals surface area contributed by atoms with Gasteiger partial charge in [0.1, 0.15) is 0 Å². The van der Waals surface area contributed by atoms with Crippen molar-refractivity contribution in [2.45, 2.75) is 38.8 Å². The molecule has 84 valence electrons. The van der Waals surface area contributed by atoms with Gasteiger partial charge in [-0.1, -0.05) is 13.8 Å². The number of hydrogen-bond acceptors (Lipinski definition) is 2. The molecule has 0 aromatic rings. The second kappa shape index (κ2) is 6.90. The molecule has 0 fully saturated rings. The fourth-order valence-corrected chi connectivity index (χ4v) is 1.48. The van der Waals surface area contributed by atoms with Crippen molar-refractivity contribution >= 4 is 17.7 Å². The number of carbonyl (C=O) groups is 1. The summed E-state index contributed by atoms with van der Waals surface area (Å²) in [5, 5.41) is 20.2. The number of aliphatic hydroxyl groups excluding tert-OH is 1. The van der Waals surface area contributed by atoms with Crippen LogP contribution in [0, 0.1) is 5.92 Å². The molecule has 5 heteroatoms. The summed E-state index contributed by atoms with van der Waals surface area (Å²) in [4.78, 5) is 10.4. The number of nitrogens with one attached hydrogen (secondary N) is 1. The molecule has 0 heterocycles. The zero-order valence-electron chi connectivity index (χ0n) is 8.53. The maximum absolute atomic E-state index is 10.4. The highest BCUT2D eigenvalue weighted by Crippen LogP contribution is 2.10. The molecule has 4 nitrogen and oxygen atoms in total. The van der Waals surface area contributed by atoms with E-state index in [1.807, 2.05) is 13.8 Å². The lowest BCUT2D eigenvalue weighted by Crippen LogP contribution is -2.37. The van der Waals surface area contributed by atoms with Crippen LogP contribution in [0.5, 0.6) is 0 Å². The van der Waals surface area contributed by atoms with Crippen LogP contribution in [-0.2, 0) is 0 Å². The van der Waals surface area contributed by atoms with Crippen LogP contribution < -0.4 is 5.32 Å². The largest absolute Gasteiger partial charge is 0.465 e. The molecule has 1 amide bonds. The molecule has 1 unspecified atom stereocenters. The van der Waals surface area contributed by atoms with Gasteiger partial charge in [0.2, 0.25) is 0 Å². The zero-order chi connectivity index (χ0) is 11.1. The molecule has 0 bridgehead atoms. The smallest absolute Gasteiger partial charge is 0.404 e. The number of carboxylic acid groups (broad SMARTS) is 1. The van der Waals surface area contributed by atoms with Crippen LogP contribution >= 0.6 is 11.6 Å². The van der Waals surface area contributed by atoms with E-state index in [0.29, 0.717) is 18.8 Å². The van der Waals surface area contributed by atoms with Gasteiger partial charge < -0.3 is 15.5 Å². The van der Waals surface area contributed by atoms with E-state index in [9.17, 15) is 9.90 Å². The van der Waals surface area contributed by atoms with Crippen molar-refractivity contribution in [1.82, 2.24) is 5.32 Å². The van der Waals surface area contributed by atoms with Crippen LogP contribution in [-0.4, -0.2) is 34.3 Å². The van der Waals surface area contributed by atoms with Crippen molar-refractivity contribution < 1.29 is 15.0 Å². The van der Waals surface area contributed by atoms with E-state index < -0.39 is 12.2 Å². The summed E-state index contributed by atoms with van der Waals surface area (Å²) >= 11 is 5.44. The summed E-state index contributed by atoms with van der Waals surface area (Å²) < 4.78 is 0. The van der Waals surface area contributed by atoms with Gasteiger partial charge in [-0.15, -0.1) is 11.6 Å². The lowest BCUT2D eigenvalue weighted by atomic mass is 9.99. The molecular weight excluding hydrogens is 206 g/mol. The first-order valence-electron chi connectivity index (χ1n) is 4.69. The fourth-order valence-electron chi connectivity index (χ4n) is 1.35. The Morgan fingerprint density at radius 1 is 1.43 bits per heavy atom. The second-order valence-corrected chi connectivity index (χ2v) is 4.13. The number of amides is 1. The highest BCUT2D eigenvalue weighted by molar-refractivity contribution is 6.18. The molecule has 0 aliphatic carbocycles. The third-order valence-corrected chi connectivity index (χ3v) is 2.17. The van der Waals surface area contributed by atoms with E-state index in [-0.39, 0.29) is 11.9 Å². The van der Waals surface area contributed by atoms with E-state index >= 15 is 0 Å². The molecular formula is C9H18ClNO3. The van der Waals surface area contributed by atoms with Crippen LogP contribution in [0.2, 0.25) is 0 Å². The molecule has 2 atom stereocenters. The Hall–Kier alpha value is -0.480. The summed E-state index contributed by atoms with van der Waals surface area (Å²) in [6.07, 6.45) is -0.626. The molecule has 0 aromatic heterocycles. The second-order valence-electron chi connectivity index (χ2n) is 3.82. The van der Waals surface area contributed by atoms with E-state index in [1.165, 1.54) is 0 Å². The maximum atomic E-state index is 10.4. The van der Waals surface area contributed by atoms with Crippen LogP contribution in [0.25, 0.3) is 0 Å². The molecule has 0 spiro atoms. The minimum atomic E-state index is -1.06. The van der Waals surface area contributed by atoms with E-state index in [2.05, 4.69) is 5.32 Å². The highest BCUT2D eigenvalue weighted by atomic mass is 35.5. The summed E-state index contributed by atoms with van der Waals surface area (Å²) in [7, 11) is 0. The third kappa shape index (κ3) is 6.97. The predicted molar refractivity (Wildman–Crippen MR) is 55.7 cm³/mol. The quantitative estimate of drug-likeness (QED) is 0.600. The average Bonchev–Trinajstić information content (AvgIpc) is 2.01. The standard InChI is InChI=1S/C9H18ClNO3/c1-6(2)3-7(11-9(13)14)4-8(12)5-10/h6-8,11-12H,3-5H2,1-2H3,(H,13,14)/t7?,8-/m0/s1. The third-order valence-electron chi connectivity index (χ3n) is 1.82. The van der Waals surface area contributed by atoms with Gasteiger partial charge in [-0.2, -0.15) is 0 Å². The van der Waals surface area contributed by atoms with E-state index in [4.69, 9.17) is 16.7 Å². The topological polar surface area (TPSA) is 69.6 Å². The first-order chi connectivity index (χ1) is 6.45. The van der Waals surface area contributed by atoms with Gasteiger partial charge in [-0.25, -0.2) is 4.79 Å². The minimum Gasteiger partial charge on any atom is -0.465 e. The maximum Gasteiger partial charge on any atom is 0.404 e. The molecule has 0 radical (unpaired) electrons. The predicted octanol–water partition coefficient (Wildman–Crippen LogP) is 1.66. The van der Waals surface area contributed by atoms with Gasteiger partial charge in [-0.05, 0) is 18.8 Å². The lowest BCUT2D eigenvalue weighted by Gasteiger charge is -2.20. The number of halogens is 1. The minimum absolute atomic E-state index is 0.135. The Bertz CT molecular complexity index is 175. The molecule has 0 saturated carbocycles. The molecule has 3 N–H and O–H groups in total. The van der Waals surface area contributed by atoms with Crippen molar-refractivity contribution in [2.24, 2.45) is 5.92 Å². The SMILES string of the molecule is CC(C)CC(C[C@H](O)CCl)NC(=O)O. The zero-order valence-corrected chi connectivity index (χ0v) is 9.29. The van der Waals surface area contributed by atoms with Gasteiger partial charge in [0.25, 0.3) is 0 Å². The van der Waals surface area contributed by atoms with Crippen molar-refractivity contribution in [3.05, 3.63) is 0 Å². The first-order valence-corrected chi connectivity index (χ1v) is 5.22. The van der Waals surface area contributed by atoms with Crippen molar-refractivity contribution in [3.8, 4) is 0 Å². The van der Waals surface area contributed by atoms with Crippen LogP contribution in [0.3, 0.4) is 0 Å². The number of aliphatic hydroxyl groups is 1. The van der Waals surface area contributed by atoms with Crippen LogP contribution in [0.1, 0.15) is 26.7 Å². The number of hydrogen-bond donors (Lipinski definition) is 3. The molecule has 0 rings (SSSR count). The van der Waals surface area contributed by atoms with Gasteiger partial charge in [0, 0.05) is 11.9 Å². The first kappa shape index (κ1) is 13.5. The van der Waals surface area contributed by atoms with Gasteiger partial charge >= 0.3 is 6.09 Å². The van der Waals surface area contributed by atoms with Gasteiger partial charge in [0.15, 0.2) is 0 Å². The Morgan fingerprint density at radius 2 is 2.00 bits per heavy atom. The summed E-state index contributed by atoms with van der Waals surface area (Å²) in [5.41, 5.74) is 0. The van der Waals surface area contributed by atoms with E-state index in [1.54, 1.807) is 0 Å². The Balaban J connectivity index is 4.03. The normalized spacial score (nSPS) is 15.2. The monoisotopic (exact) mass is 223 g/mol. The average molecular weight is 224 g/mol. The molecule has 0 aromatic carbocycles.